The van der Waals surface area contributed by atoms with Crippen LogP contribution in [0.15, 0.2) is 40.3 Å². The number of nitrogens with zero attached hydrogens (tertiary/aromatic N) is 2. The minimum atomic E-state index is -3.81. The molecule has 1 N–H and O–H groups in total. The highest BCUT2D eigenvalue weighted by atomic mass is 32.2. The van der Waals surface area contributed by atoms with E-state index in [1.807, 2.05) is 6.92 Å². The molecular formula is C13H13N3O2S2. The summed E-state index contributed by atoms with van der Waals surface area (Å²) >= 11 is 5.03. The molecule has 0 unspecified atom stereocenters. The third kappa shape index (κ3) is 2.81. The molecule has 0 saturated carbocycles. The van der Waals surface area contributed by atoms with Crippen molar-refractivity contribution < 1.29 is 8.42 Å². The van der Waals surface area contributed by atoms with E-state index in [2.05, 4.69) is 5.32 Å². The summed E-state index contributed by atoms with van der Waals surface area (Å²) in [7, 11) is -3.81. The predicted molar refractivity (Wildman–Crippen MR) is 79.4 cm³/mol. The summed E-state index contributed by atoms with van der Waals surface area (Å²) < 4.78 is 24.8. The highest BCUT2D eigenvalue weighted by molar-refractivity contribution is 7.95. The fraction of sp³-hybridized carbons (Fsp3) is 0.231. The molecule has 0 aromatic heterocycles. The second-order valence-corrected chi connectivity index (χ2v) is 6.65. The Balaban J connectivity index is 2.40. The van der Waals surface area contributed by atoms with Crippen molar-refractivity contribution in [3.8, 4) is 6.07 Å². The van der Waals surface area contributed by atoms with Crippen LogP contribution in [-0.4, -0.2) is 31.5 Å². The molecule has 0 bridgehead atoms. The van der Waals surface area contributed by atoms with Crippen molar-refractivity contribution in [3.05, 3.63) is 40.9 Å². The standard InChI is InChI=1S/C13H13N3O2S2/c1-10-2-4-11(5-3-10)20(17,18)12(8-14)9-16-7-6-15-13(16)19/h2-5,9H,6-7H2,1H3,(H,15,19)/b12-9+. The van der Waals surface area contributed by atoms with Gasteiger partial charge >= 0.3 is 0 Å². The molecule has 0 atom stereocenters. The molecule has 1 saturated heterocycles. The summed E-state index contributed by atoms with van der Waals surface area (Å²) in [4.78, 5) is 1.35. The Labute approximate surface area is 123 Å². The quantitative estimate of drug-likeness (QED) is 0.671. The topological polar surface area (TPSA) is 73.2 Å². The van der Waals surface area contributed by atoms with Crippen molar-refractivity contribution in [2.75, 3.05) is 13.1 Å². The van der Waals surface area contributed by atoms with Crippen LogP contribution in [0.2, 0.25) is 0 Å². The predicted octanol–water partition coefficient (Wildman–Crippen LogP) is 1.32. The second kappa shape index (κ2) is 5.61. The van der Waals surface area contributed by atoms with E-state index in [-0.39, 0.29) is 9.80 Å². The van der Waals surface area contributed by atoms with Gasteiger partial charge in [0.05, 0.1) is 4.90 Å². The van der Waals surface area contributed by atoms with Crippen LogP contribution in [-0.2, 0) is 9.84 Å². The molecular weight excluding hydrogens is 294 g/mol. The van der Waals surface area contributed by atoms with Gasteiger partial charge in [-0.05, 0) is 31.3 Å². The molecule has 1 aromatic rings. The Morgan fingerprint density at radius 2 is 2.10 bits per heavy atom. The number of nitrogens with one attached hydrogen (secondary N) is 1. The summed E-state index contributed by atoms with van der Waals surface area (Å²) in [5.41, 5.74) is 0.955. The Kier molecular flexibility index (Phi) is 4.06. The van der Waals surface area contributed by atoms with Gasteiger partial charge in [-0.25, -0.2) is 8.42 Å². The summed E-state index contributed by atoms with van der Waals surface area (Å²) in [5, 5.41) is 12.5. The zero-order valence-corrected chi connectivity index (χ0v) is 12.5. The molecule has 104 valence electrons. The SMILES string of the molecule is Cc1ccc(S(=O)(=O)/C(C#N)=C/N2CCNC2=S)cc1. The molecule has 5 nitrogen and oxygen atoms in total. The molecule has 7 heteroatoms. The fourth-order valence-electron chi connectivity index (χ4n) is 1.75. The molecule has 2 rings (SSSR count). The first-order chi connectivity index (χ1) is 9.45. The maximum atomic E-state index is 12.4. The molecule has 1 aliphatic rings. The normalized spacial score (nSPS) is 15.9. The first-order valence-electron chi connectivity index (χ1n) is 5.93. The van der Waals surface area contributed by atoms with E-state index in [0.29, 0.717) is 18.2 Å². The van der Waals surface area contributed by atoms with Crippen LogP contribution in [0.1, 0.15) is 5.56 Å². The molecule has 1 aromatic carbocycles. The Hall–Kier alpha value is -1.91. The lowest BCUT2D eigenvalue weighted by molar-refractivity contribution is 0.597. The zero-order chi connectivity index (χ0) is 14.8. The van der Waals surface area contributed by atoms with Gasteiger partial charge in [-0.1, -0.05) is 17.7 Å². The number of rotatable bonds is 3. The lowest BCUT2D eigenvalue weighted by Gasteiger charge is -2.11. The number of aryl methyl sites for hydroxylation is 1. The number of nitriles is 1. The maximum absolute atomic E-state index is 12.4. The molecule has 20 heavy (non-hydrogen) atoms. The van der Waals surface area contributed by atoms with E-state index >= 15 is 0 Å². The molecule has 0 aliphatic carbocycles. The van der Waals surface area contributed by atoms with Crippen LogP contribution in [0.4, 0.5) is 0 Å². The first-order valence-corrected chi connectivity index (χ1v) is 7.82. The highest BCUT2D eigenvalue weighted by Gasteiger charge is 2.23. The number of hydrogen-bond acceptors (Lipinski definition) is 4. The highest BCUT2D eigenvalue weighted by Crippen LogP contribution is 2.20. The smallest absolute Gasteiger partial charge is 0.218 e. The monoisotopic (exact) mass is 307 g/mol. The average Bonchev–Trinajstić information content (AvgIpc) is 2.81. The molecule has 0 spiro atoms. The van der Waals surface area contributed by atoms with Gasteiger partial charge in [-0.2, -0.15) is 5.26 Å². The third-order valence-corrected chi connectivity index (χ3v) is 4.94. The van der Waals surface area contributed by atoms with E-state index in [1.165, 1.54) is 18.3 Å². The van der Waals surface area contributed by atoms with Crippen molar-refractivity contribution in [1.82, 2.24) is 10.2 Å². The zero-order valence-electron chi connectivity index (χ0n) is 10.8. The molecule has 0 radical (unpaired) electrons. The summed E-state index contributed by atoms with van der Waals surface area (Å²) in [6.07, 6.45) is 1.29. The number of allylic oxidation sites excluding steroid dienone is 1. The minimum absolute atomic E-state index is 0.106. The van der Waals surface area contributed by atoms with Gasteiger partial charge in [0, 0.05) is 19.3 Å². The second-order valence-electron chi connectivity index (χ2n) is 4.35. The van der Waals surface area contributed by atoms with Gasteiger partial charge in [0.2, 0.25) is 9.84 Å². The molecule has 1 fully saturated rings. The molecule has 1 aliphatic heterocycles. The van der Waals surface area contributed by atoms with Gasteiger partial charge in [0.25, 0.3) is 0 Å². The van der Waals surface area contributed by atoms with Crippen LogP contribution in [0, 0.1) is 18.3 Å². The van der Waals surface area contributed by atoms with E-state index in [4.69, 9.17) is 17.5 Å². The van der Waals surface area contributed by atoms with Crippen molar-refractivity contribution in [3.63, 3.8) is 0 Å². The Morgan fingerprint density at radius 3 is 2.60 bits per heavy atom. The van der Waals surface area contributed by atoms with Gasteiger partial charge < -0.3 is 10.2 Å². The Bertz CT molecular complexity index is 700. The van der Waals surface area contributed by atoms with Crippen molar-refractivity contribution >= 4 is 27.2 Å². The van der Waals surface area contributed by atoms with Crippen molar-refractivity contribution in [2.24, 2.45) is 0 Å². The summed E-state index contributed by atoms with van der Waals surface area (Å²) in [5.74, 6) is 0. The van der Waals surface area contributed by atoms with Crippen LogP contribution in [0.5, 0.6) is 0 Å². The first kappa shape index (κ1) is 14.5. The number of sulfone groups is 1. The van der Waals surface area contributed by atoms with E-state index in [0.717, 1.165) is 5.56 Å². The van der Waals surface area contributed by atoms with Gasteiger partial charge in [-0.15, -0.1) is 0 Å². The lowest BCUT2D eigenvalue weighted by Crippen LogP contribution is -2.23. The third-order valence-electron chi connectivity index (χ3n) is 2.89. The van der Waals surface area contributed by atoms with E-state index in [1.54, 1.807) is 23.1 Å². The summed E-state index contributed by atoms with van der Waals surface area (Å²) in [6, 6.07) is 8.14. The van der Waals surface area contributed by atoms with Crippen LogP contribution in [0.25, 0.3) is 0 Å². The molecule has 1 heterocycles. The van der Waals surface area contributed by atoms with Crippen LogP contribution < -0.4 is 5.32 Å². The van der Waals surface area contributed by atoms with Gasteiger partial charge in [0.15, 0.2) is 10.0 Å². The van der Waals surface area contributed by atoms with Crippen LogP contribution >= 0.6 is 12.2 Å². The Morgan fingerprint density at radius 1 is 1.45 bits per heavy atom. The lowest BCUT2D eigenvalue weighted by atomic mass is 10.2. The van der Waals surface area contributed by atoms with Crippen molar-refractivity contribution in [1.29, 1.82) is 5.26 Å². The largest absolute Gasteiger partial charge is 0.360 e. The molecule has 0 amide bonds. The number of hydrogen-bond donors (Lipinski definition) is 1. The number of thiocarbonyl (C=S) groups is 1. The van der Waals surface area contributed by atoms with E-state index < -0.39 is 9.84 Å². The van der Waals surface area contributed by atoms with Gasteiger partial charge in [-0.3, -0.25) is 0 Å². The fourth-order valence-corrected chi connectivity index (χ4v) is 3.13. The number of benzene rings is 1. The van der Waals surface area contributed by atoms with E-state index in [9.17, 15) is 8.42 Å². The van der Waals surface area contributed by atoms with Crippen LogP contribution in [0.3, 0.4) is 0 Å². The van der Waals surface area contributed by atoms with Gasteiger partial charge in [0.1, 0.15) is 6.07 Å². The van der Waals surface area contributed by atoms with Crippen molar-refractivity contribution in [2.45, 2.75) is 11.8 Å². The minimum Gasteiger partial charge on any atom is -0.360 e. The summed E-state index contributed by atoms with van der Waals surface area (Å²) in [6.45, 7) is 3.05. The average molecular weight is 307 g/mol. The maximum Gasteiger partial charge on any atom is 0.218 e.